The van der Waals surface area contributed by atoms with Gasteiger partial charge in [-0.25, -0.2) is 0 Å². The summed E-state index contributed by atoms with van der Waals surface area (Å²) >= 11 is 0. The van der Waals surface area contributed by atoms with Gasteiger partial charge in [-0.3, -0.25) is 0 Å². The summed E-state index contributed by atoms with van der Waals surface area (Å²) < 4.78 is 11.5. The number of hydrogen-bond acceptors (Lipinski definition) is 3. The number of para-hydroxylation sites is 1. The molecule has 2 atom stereocenters. The van der Waals surface area contributed by atoms with Gasteiger partial charge in [0.05, 0.1) is 12.6 Å². The Bertz CT molecular complexity index is 534. The smallest absolute Gasteiger partial charge is 0.134 e. The summed E-state index contributed by atoms with van der Waals surface area (Å²) in [6.07, 6.45) is 3.73. The van der Waals surface area contributed by atoms with Gasteiger partial charge in [-0.05, 0) is 37.3 Å². The average molecular weight is 257 g/mol. The Morgan fingerprint density at radius 1 is 1.16 bits per heavy atom. The van der Waals surface area contributed by atoms with Crippen LogP contribution in [0.3, 0.4) is 0 Å². The minimum atomic E-state index is 0.360. The molecule has 0 bridgehead atoms. The Hall–Kier alpha value is -1.32. The molecular formula is C16H19NO2. The van der Waals surface area contributed by atoms with Crippen molar-refractivity contribution in [3.63, 3.8) is 0 Å². The zero-order valence-corrected chi connectivity index (χ0v) is 11.0. The van der Waals surface area contributed by atoms with Gasteiger partial charge in [0.25, 0.3) is 0 Å². The first-order valence-corrected chi connectivity index (χ1v) is 7.22. The number of hydrogen-bond donors (Lipinski definition) is 1. The summed E-state index contributed by atoms with van der Waals surface area (Å²) in [5.74, 6) is 1.83. The van der Waals surface area contributed by atoms with Crippen LogP contribution in [-0.2, 0) is 4.74 Å². The summed E-state index contributed by atoms with van der Waals surface area (Å²) in [5, 5.41) is 4.94. The molecular weight excluding hydrogens is 238 g/mol. The van der Waals surface area contributed by atoms with Crippen LogP contribution in [0.5, 0.6) is 0 Å². The molecule has 1 saturated heterocycles. The second-order valence-corrected chi connectivity index (χ2v) is 5.73. The molecule has 1 aliphatic carbocycles. The molecule has 3 heteroatoms. The molecule has 0 unspecified atom stereocenters. The fourth-order valence-corrected chi connectivity index (χ4v) is 2.96. The predicted molar refractivity (Wildman–Crippen MR) is 74.0 cm³/mol. The van der Waals surface area contributed by atoms with Crippen molar-refractivity contribution in [1.29, 1.82) is 0 Å². The normalized spacial score (nSPS) is 24.9. The zero-order valence-electron chi connectivity index (χ0n) is 11.0. The molecule has 1 aliphatic heterocycles. The van der Waals surface area contributed by atoms with Crippen molar-refractivity contribution in [3.05, 3.63) is 36.1 Å². The number of benzene rings is 1. The first-order chi connectivity index (χ1) is 9.40. The number of ether oxygens (including phenoxy) is 1. The van der Waals surface area contributed by atoms with Gasteiger partial charge < -0.3 is 14.5 Å². The van der Waals surface area contributed by atoms with Crippen molar-refractivity contribution in [2.75, 3.05) is 13.2 Å². The standard InChI is InChI=1S/C16H19NO2/c1-2-4-14-12(3-1)9-15(19-14)16(11-5-6-11)17-13-7-8-18-10-13/h1-4,9,11,13,16-17H,5-8,10H2/t13-,16+/m1/s1. The van der Waals surface area contributed by atoms with Crippen LogP contribution in [0.4, 0.5) is 0 Å². The zero-order chi connectivity index (χ0) is 12.7. The van der Waals surface area contributed by atoms with E-state index in [1.807, 2.05) is 12.1 Å². The number of rotatable bonds is 4. The molecule has 3 nitrogen and oxygen atoms in total. The maximum Gasteiger partial charge on any atom is 0.134 e. The third-order valence-electron chi connectivity index (χ3n) is 4.19. The van der Waals surface area contributed by atoms with Gasteiger partial charge in [0.2, 0.25) is 0 Å². The van der Waals surface area contributed by atoms with E-state index in [4.69, 9.17) is 9.15 Å². The highest BCUT2D eigenvalue weighted by atomic mass is 16.5. The summed E-state index contributed by atoms with van der Waals surface area (Å²) in [7, 11) is 0. The molecule has 19 heavy (non-hydrogen) atoms. The van der Waals surface area contributed by atoms with E-state index in [0.717, 1.165) is 36.9 Å². The summed E-state index contributed by atoms with van der Waals surface area (Å²) in [6, 6.07) is 11.3. The van der Waals surface area contributed by atoms with Crippen LogP contribution >= 0.6 is 0 Å². The second-order valence-electron chi connectivity index (χ2n) is 5.73. The Balaban J connectivity index is 1.61. The second kappa shape index (κ2) is 4.66. The van der Waals surface area contributed by atoms with Gasteiger partial charge in [0.1, 0.15) is 11.3 Å². The fraction of sp³-hybridized carbons (Fsp3) is 0.500. The average Bonchev–Trinajstić information content (AvgIpc) is 2.99. The summed E-state index contributed by atoms with van der Waals surface area (Å²) in [5.41, 5.74) is 0.993. The number of furan rings is 1. The van der Waals surface area contributed by atoms with E-state index in [9.17, 15) is 0 Å². The predicted octanol–water partition coefficient (Wildman–Crippen LogP) is 3.26. The van der Waals surface area contributed by atoms with Crippen LogP contribution in [0.1, 0.15) is 31.1 Å². The highest BCUT2D eigenvalue weighted by Gasteiger charge is 2.36. The van der Waals surface area contributed by atoms with E-state index in [0.29, 0.717) is 12.1 Å². The molecule has 1 saturated carbocycles. The van der Waals surface area contributed by atoms with E-state index in [2.05, 4.69) is 23.5 Å². The van der Waals surface area contributed by atoms with Gasteiger partial charge in [-0.1, -0.05) is 18.2 Å². The Labute approximate surface area is 112 Å². The highest BCUT2D eigenvalue weighted by molar-refractivity contribution is 5.77. The van der Waals surface area contributed by atoms with Crippen LogP contribution in [-0.4, -0.2) is 19.3 Å². The lowest BCUT2D eigenvalue weighted by molar-refractivity contribution is 0.186. The first kappa shape index (κ1) is 11.5. The monoisotopic (exact) mass is 257 g/mol. The van der Waals surface area contributed by atoms with Gasteiger partial charge in [-0.15, -0.1) is 0 Å². The van der Waals surface area contributed by atoms with E-state index in [-0.39, 0.29) is 0 Å². The van der Waals surface area contributed by atoms with E-state index >= 15 is 0 Å². The molecule has 100 valence electrons. The van der Waals surface area contributed by atoms with E-state index < -0.39 is 0 Å². The minimum Gasteiger partial charge on any atom is -0.459 e. The van der Waals surface area contributed by atoms with E-state index in [1.54, 1.807) is 0 Å². The van der Waals surface area contributed by atoms with Crippen molar-refractivity contribution in [2.45, 2.75) is 31.3 Å². The molecule has 2 heterocycles. The quantitative estimate of drug-likeness (QED) is 0.913. The lowest BCUT2D eigenvalue weighted by Crippen LogP contribution is -2.34. The van der Waals surface area contributed by atoms with Crippen LogP contribution in [0.25, 0.3) is 11.0 Å². The van der Waals surface area contributed by atoms with Gasteiger partial charge in [0.15, 0.2) is 0 Å². The summed E-state index contributed by atoms with van der Waals surface area (Å²) in [4.78, 5) is 0. The maximum atomic E-state index is 6.04. The third-order valence-corrected chi connectivity index (χ3v) is 4.19. The van der Waals surface area contributed by atoms with Crippen molar-refractivity contribution in [3.8, 4) is 0 Å². The van der Waals surface area contributed by atoms with E-state index in [1.165, 1.54) is 18.2 Å². The minimum absolute atomic E-state index is 0.360. The first-order valence-electron chi connectivity index (χ1n) is 7.22. The number of nitrogens with one attached hydrogen (secondary N) is 1. The van der Waals surface area contributed by atoms with Crippen LogP contribution in [0, 0.1) is 5.92 Å². The van der Waals surface area contributed by atoms with Crippen molar-refractivity contribution >= 4 is 11.0 Å². The molecule has 4 rings (SSSR count). The number of fused-ring (bicyclic) bond motifs is 1. The largest absolute Gasteiger partial charge is 0.459 e. The Kier molecular flexibility index (Phi) is 2.82. The van der Waals surface area contributed by atoms with Gasteiger partial charge in [-0.2, -0.15) is 0 Å². The molecule has 1 aromatic carbocycles. The lowest BCUT2D eigenvalue weighted by Gasteiger charge is -2.20. The van der Waals surface area contributed by atoms with Crippen molar-refractivity contribution in [1.82, 2.24) is 5.32 Å². The van der Waals surface area contributed by atoms with Crippen LogP contribution in [0.2, 0.25) is 0 Å². The molecule has 1 N–H and O–H groups in total. The Morgan fingerprint density at radius 2 is 2.05 bits per heavy atom. The van der Waals surface area contributed by atoms with Gasteiger partial charge >= 0.3 is 0 Å². The van der Waals surface area contributed by atoms with Crippen LogP contribution < -0.4 is 5.32 Å². The van der Waals surface area contributed by atoms with Crippen molar-refractivity contribution in [2.24, 2.45) is 5.92 Å². The summed E-state index contributed by atoms with van der Waals surface area (Å²) in [6.45, 7) is 1.72. The molecule has 0 spiro atoms. The highest BCUT2D eigenvalue weighted by Crippen LogP contribution is 2.42. The van der Waals surface area contributed by atoms with Gasteiger partial charge in [0, 0.05) is 18.0 Å². The van der Waals surface area contributed by atoms with Crippen molar-refractivity contribution < 1.29 is 9.15 Å². The third kappa shape index (κ3) is 2.28. The van der Waals surface area contributed by atoms with Crippen LogP contribution in [0.15, 0.2) is 34.7 Å². The topological polar surface area (TPSA) is 34.4 Å². The molecule has 2 fully saturated rings. The molecule has 0 radical (unpaired) electrons. The molecule has 1 aromatic heterocycles. The fourth-order valence-electron chi connectivity index (χ4n) is 2.96. The molecule has 2 aliphatic rings. The SMILES string of the molecule is c1ccc2oc([C@@H](N[C@@H]3CCOC3)C3CC3)cc2c1. The lowest BCUT2D eigenvalue weighted by atomic mass is 10.1. The maximum absolute atomic E-state index is 6.04. The molecule has 0 amide bonds. The molecule has 2 aromatic rings. The Morgan fingerprint density at radius 3 is 2.79 bits per heavy atom.